The molecule has 2 aromatic heterocycles. The highest BCUT2D eigenvalue weighted by molar-refractivity contribution is 7.98. The molecule has 0 bridgehead atoms. The van der Waals surface area contributed by atoms with Crippen molar-refractivity contribution in [1.82, 2.24) is 14.8 Å². The Balaban J connectivity index is 1.60. The Bertz CT molecular complexity index is 1010. The van der Waals surface area contributed by atoms with E-state index >= 15 is 0 Å². The lowest BCUT2D eigenvalue weighted by Gasteiger charge is -2.14. The molecule has 146 valence electrons. The van der Waals surface area contributed by atoms with Crippen LogP contribution >= 0.6 is 11.8 Å². The lowest BCUT2D eigenvalue weighted by Crippen LogP contribution is -2.16. The lowest BCUT2D eigenvalue weighted by atomic mass is 10.2. The number of hydrogen-bond acceptors (Lipinski definition) is 7. The summed E-state index contributed by atoms with van der Waals surface area (Å²) in [7, 11) is 0. The van der Waals surface area contributed by atoms with Crippen LogP contribution in [0.2, 0.25) is 0 Å². The Morgan fingerprint density at radius 1 is 1.29 bits per heavy atom. The summed E-state index contributed by atoms with van der Waals surface area (Å²) in [5.41, 5.74) is 0.268. The van der Waals surface area contributed by atoms with E-state index in [-0.39, 0.29) is 11.9 Å². The summed E-state index contributed by atoms with van der Waals surface area (Å²) in [5.74, 6) is 0.663. The number of aromatic nitrogens is 3. The van der Waals surface area contributed by atoms with Crippen LogP contribution in [-0.2, 0) is 17.0 Å². The molecule has 1 aromatic carbocycles. The van der Waals surface area contributed by atoms with Gasteiger partial charge in [-0.2, -0.15) is 0 Å². The summed E-state index contributed by atoms with van der Waals surface area (Å²) >= 11 is 1.36. The summed E-state index contributed by atoms with van der Waals surface area (Å²) in [6.45, 7) is 1.32. The molecule has 1 N–H and O–H groups in total. The molecule has 1 unspecified atom stereocenters. The van der Waals surface area contributed by atoms with E-state index in [1.165, 1.54) is 30.0 Å². The highest BCUT2D eigenvalue weighted by Crippen LogP contribution is 2.28. The van der Waals surface area contributed by atoms with Crippen LogP contribution in [0.15, 0.2) is 51.0 Å². The molecule has 4 rings (SSSR count). The van der Waals surface area contributed by atoms with E-state index in [9.17, 15) is 14.3 Å². The predicted octanol–water partition coefficient (Wildman–Crippen LogP) is 3.21. The number of ether oxygens (including phenoxy) is 1. The highest BCUT2D eigenvalue weighted by Gasteiger charge is 2.22. The number of nitrogens with zero attached hydrogens (tertiary/aromatic N) is 3. The molecular weight excluding hydrogens is 385 g/mol. The Morgan fingerprint density at radius 2 is 2.11 bits per heavy atom. The molecule has 1 atom stereocenters. The molecule has 3 aromatic rings. The topological polar surface area (TPSA) is 90.4 Å². The highest BCUT2D eigenvalue weighted by atomic mass is 32.2. The SMILES string of the molecule is O=c1cc(CSc2nnc(-c3ccc(F)cc3)n2CC2CCCO2)occ1O. The van der Waals surface area contributed by atoms with Gasteiger partial charge < -0.3 is 14.3 Å². The summed E-state index contributed by atoms with van der Waals surface area (Å²) in [4.78, 5) is 11.6. The maximum Gasteiger partial charge on any atom is 0.226 e. The van der Waals surface area contributed by atoms with Gasteiger partial charge in [-0.25, -0.2) is 4.39 Å². The zero-order valence-electron chi connectivity index (χ0n) is 14.9. The van der Waals surface area contributed by atoms with Gasteiger partial charge in [-0.05, 0) is 37.1 Å². The van der Waals surface area contributed by atoms with Gasteiger partial charge in [-0.15, -0.1) is 10.2 Å². The molecule has 0 spiro atoms. The van der Waals surface area contributed by atoms with Gasteiger partial charge in [-0.1, -0.05) is 11.8 Å². The Labute approximate surface area is 164 Å². The molecular formula is C19H18FN3O4S. The number of hydrogen-bond donors (Lipinski definition) is 1. The molecule has 1 aliphatic rings. The number of benzene rings is 1. The fraction of sp³-hybridized carbons (Fsp3) is 0.316. The van der Waals surface area contributed by atoms with E-state index < -0.39 is 11.2 Å². The third-order valence-corrected chi connectivity index (χ3v) is 5.43. The smallest absolute Gasteiger partial charge is 0.226 e. The minimum absolute atomic E-state index is 0.0705. The van der Waals surface area contributed by atoms with Crippen LogP contribution in [0.3, 0.4) is 0 Å². The van der Waals surface area contributed by atoms with Gasteiger partial charge in [0.05, 0.1) is 18.4 Å². The number of aromatic hydroxyl groups is 1. The second kappa shape index (κ2) is 8.15. The average molecular weight is 403 g/mol. The van der Waals surface area contributed by atoms with Crippen molar-refractivity contribution in [2.24, 2.45) is 0 Å². The number of thioether (sulfide) groups is 1. The molecule has 0 radical (unpaired) electrons. The van der Waals surface area contributed by atoms with Crippen molar-refractivity contribution < 1.29 is 18.7 Å². The van der Waals surface area contributed by atoms with Crippen LogP contribution in [0.4, 0.5) is 4.39 Å². The van der Waals surface area contributed by atoms with Crippen molar-refractivity contribution in [1.29, 1.82) is 0 Å². The second-order valence-corrected chi connectivity index (χ2v) is 7.39. The van der Waals surface area contributed by atoms with Crippen LogP contribution < -0.4 is 5.43 Å². The van der Waals surface area contributed by atoms with Crippen molar-refractivity contribution in [3.8, 4) is 17.1 Å². The third-order valence-electron chi connectivity index (χ3n) is 4.44. The monoisotopic (exact) mass is 403 g/mol. The van der Waals surface area contributed by atoms with Gasteiger partial charge in [0.2, 0.25) is 5.43 Å². The first-order valence-electron chi connectivity index (χ1n) is 8.84. The molecule has 3 heterocycles. The number of halogens is 1. The molecule has 1 fully saturated rings. The summed E-state index contributed by atoms with van der Waals surface area (Å²) in [6.07, 6.45) is 3.07. The molecule has 9 heteroatoms. The van der Waals surface area contributed by atoms with Crippen molar-refractivity contribution in [3.63, 3.8) is 0 Å². The minimum Gasteiger partial charge on any atom is -0.502 e. The Kier molecular flexibility index (Phi) is 5.45. The predicted molar refractivity (Wildman–Crippen MR) is 101 cm³/mol. The van der Waals surface area contributed by atoms with E-state index in [1.807, 2.05) is 4.57 Å². The molecule has 28 heavy (non-hydrogen) atoms. The second-order valence-electron chi connectivity index (χ2n) is 6.44. The zero-order chi connectivity index (χ0) is 19.5. The first kappa shape index (κ1) is 18.7. The Morgan fingerprint density at radius 3 is 2.82 bits per heavy atom. The van der Waals surface area contributed by atoms with Gasteiger partial charge in [-0.3, -0.25) is 9.36 Å². The number of rotatable bonds is 6. The summed E-state index contributed by atoms with van der Waals surface area (Å²) < 4.78 is 26.2. The van der Waals surface area contributed by atoms with E-state index in [0.29, 0.717) is 29.0 Å². The van der Waals surface area contributed by atoms with Gasteiger partial charge in [0, 0.05) is 18.2 Å². The van der Waals surface area contributed by atoms with Crippen molar-refractivity contribution >= 4 is 11.8 Å². The largest absolute Gasteiger partial charge is 0.502 e. The van der Waals surface area contributed by atoms with E-state index in [0.717, 1.165) is 31.3 Å². The van der Waals surface area contributed by atoms with Gasteiger partial charge in [0.1, 0.15) is 17.8 Å². The van der Waals surface area contributed by atoms with Crippen molar-refractivity contribution in [2.45, 2.75) is 36.4 Å². The lowest BCUT2D eigenvalue weighted by molar-refractivity contribution is 0.0953. The van der Waals surface area contributed by atoms with Crippen LogP contribution in [0.5, 0.6) is 5.75 Å². The molecule has 0 aliphatic carbocycles. The van der Waals surface area contributed by atoms with E-state index in [1.54, 1.807) is 12.1 Å². The normalized spacial score (nSPS) is 16.5. The van der Waals surface area contributed by atoms with E-state index in [4.69, 9.17) is 9.15 Å². The Hall–Kier alpha value is -2.65. The molecule has 1 saturated heterocycles. The first-order chi connectivity index (χ1) is 13.6. The van der Waals surface area contributed by atoms with Crippen LogP contribution in [0, 0.1) is 5.82 Å². The van der Waals surface area contributed by atoms with Crippen molar-refractivity contribution in [2.75, 3.05) is 6.61 Å². The van der Waals surface area contributed by atoms with Crippen molar-refractivity contribution in [3.05, 3.63) is 58.4 Å². The molecule has 0 amide bonds. The molecule has 1 aliphatic heterocycles. The fourth-order valence-corrected chi connectivity index (χ4v) is 3.86. The zero-order valence-corrected chi connectivity index (χ0v) is 15.7. The summed E-state index contributed by atoms with van der Waals surface area (Å²) in [5, 5.41) is 18.5. The van der Waals surface area contributed by atoms with Gasteiger partial charge in [0.25, 0.3) is 0 Å². The molecule has 7 nitrogen and oxygen atoms in total. The van der Waals surface area contributed by atoms with Crippen LogP contribution in [-0.4, -0.2) is 32.6 Å². The van der Waals surface area contributed by atoms with Crippen LogP contribution in [0.25, 0.3) is 11.4 Å². The van der Waals surface area contributed by atoms with E-state index in [2.05, 4.69) is 10.2 Å². The van der Waals surface area contributed by atoms with Gasteiger partial charge >= 0.3 is 0 Å². The maximum atomic E-state index is 13.3. The fourth-order valence-electron chi connectivity index (χ4n) is 3.02. The standard InChI is InChI=1S/C19H18FN3O4S/c20-13-5-3-12(4-6-13)18-21-22-19(23(18)9-14-2-1-7-26-14)28-11-15-8-16(24)17(25)10-27-15/h3-6,8,10,14,25H,1-2,7,9,11H2. The quantitative estimate of drug-likeness (QED) is 0.632. The van der Waals surface area contributed by atoms with Gasteiger partial charge in [0.15, 0.2) is 16.7 Å². The molecule has 0 saturated carbocycles. The van der Waals surface area contributed by atoms with Crippen LogP contribution in [0.1, 0.15) is 18.6 Å². The summed E-state index contributed by atoms with van der Waals surface area (Å²) in [6, 6.07) is 7.36. The minimum atomic E-state index is -0.491. The third kappa shape index (κ3) is 4.10. The maximum absolute atomic E-state index is 13.3. The first-order valence-corrected chi connectivity index (χ1v) is 9.83. The average Bonchev–Trinajstić information content (AvgIpc) is 3.34.